The van der Waals surface area contributed by atoms with Crippen LogP contribution in [-0.2, 0) is 11.2 Å². The normalized spacial score (nSPS) is 17.4. The van der Waals surface area contributed by atoms with Crippen molar-refractivity contribution in [2.75, 3.05) is 25.1 Å². The van der Waals surface area contributed by atoms with Crippen LogP contribution in [0.25, 0.3) is 0 Å². The molecule has 3 heterocycles. The minimum atomic E-state index is 0.0272. The summed E-state index contributed by atoms with van der Waals surface area (Å²) in [7, 11) is 1.53. The Morgan fingerprint density at radius 3 is 3.12 bits per heavy atom. The van der Waals surface area contributed by atoms with Gasteiger partial charge in [0.25, 0.3) is 5.88 Å². The number of rotatable bonds is 6. The van der Waals surface area contributed by atoms with Crippen molar-refractivity contribution in [3.05, 3.63) is 35.7 Å². The number of anilines is 1. The molecule has 0 aromatic carbocycles. The number of piperidine rings is 1. The van der Waals surface area contributed by atoms with Crippen LogP contribution in [0.5, 0.6) is 5.88 Å². The van der Waals surface area contributed by atoms with Crippen molar-refractivity contribution in [3.63, 3.8) is 0 Å². The molecule has 3 rings (SSSR count). The van der Waals surface area contributed by atoms with Crippen LogP contribution < -0.4 is 15.0 Å². The molecule has 1 aliphatic heterocycles. The summed E-state index contributed by atoms with van der Waals surface area (Å²) in [5, 5.41) is 6.86. The zero-order valence-corrected chi connectivity index (χ0v) is 14.7. The molecule has 0 unspecified atom stereocenters. The second-order valence-electron chi connectivity index (χ2n) is 6.33. The Kier molecular flexibility index (Phi) is 5.53. The van der Waals surface area contributed by atoms with E-state index in [1.165, 1.54) is 7.11 Å². The number of aromatic nitrogens is 2. The molecule has 7 heteroatoms. The maximum Gasteiger partial charge on any atom is 0.254 e. The van der Waals surface area contributed by atoms with E-state index < -0.39 is 0 Å². The third-order valence-corrected chi connectivity index (χ3v) is 4.33. The number of methoxy groups -OCH3 is 1. The molecule has 1 fully saturated rings. The average Bonchev–Trinajstić information content (AvgIpc) is 3.08. The maximum absolute atomic E-state index is 12.2. The van der Waals surface area contributed by atoms with E-state index in [4.69, 9.17) is 9.26 Å². The van der Waals surface area contributed by atoms with Crippen molar-refractivity contribution in [1.82, 2.24) is 15.5 Å². The zero-order chi connectivity index (χ0) is 17.6. The Balaban J connectivity index is 1.49. The van der Waals surface area contributed by atoms with Gasteiger partial charge < -0.3 is 19.5 Å². The van der Waals surface area contributed by atoms with E-state index in [0.717, 1.165) is 37.4 Å². The first-order valence-corrected chi connectivity index (χ1v) is 8.61. The molecule has 25 heavy (non-hydrogen) atoms. The van der Waals surface area contributed by atoms with Gasteiger partial charge in [-0.05, 0) is 37.1 Å². The molecular weight excluding hydrogens is 320 g/mol. The fraction of sp³-hybridized carbons (Fsp3) is 0.500. The molecular formula is C18H24N4O3. The van der Waals surface area contributed by atoms with Crippen molar-refractivity contribution in [1.29, 1.82) is 0 Å². The summed E-state index contributed by atoms with van der Waals surface area (Å²) in [6.45, 7) is 3.75. The van der Waals surface area contributed by atoms with E-state index in [-0.39, 0.29) is 11.9 Å². The van der Waals surface area contributed by atoms with Gasteiger partial charge in [-0.25, -0.2) is 4.98 Å². The molecule has 134 valence electrons. The molecule has 1 aliphatic rings. The lowest BCUT2D eigenvalue weighted by Gasteiger charge is -2.34. The highest BCUT2D eigenvalue weighted by Crippen LogP contribution is 2.18. The van der Waals surface area contributed by atoms with E-state index in [2.05, 4.69) is 20.4 Å². The Morgan fingerprint density at radius 2 is 2.36 bits per heavy atom. The van der Waals surface area contributed by atoms with Crippen LogP contribution in [0.4, 0.5) is 5.82 Å². The molecule has 2 aromatic rings. The van der Waals surface area contributed by atoms with Crippen LogP contribution in [0.15, 0.2) is 28.8 Å². The second-order valence-corrected chi connectivity index (χ2v) is 6.33. The van der Waals surface area contributed by atoms with Crippen LogP contribution in [0.2, 0.25) is 0 Å². The molecule has 7 nitrogen and oxygen atoms in total. The van der Waals surface area contributed by atoms with Gasteiger partial charge >= 0.3 is 0 Å². The van der Waals surface area contributed by atoms with E-state index in [1.54, 1.807) is 6.07 Å². The summed E-state index contributed by atoms with van der Waals surface area (Å²) < 4.78 is 10.1. The summed E-state index contributed by atoms with van der Waals surface area (Å²) in [5.41, 5.74) is 1.01. The van der Waals surface area contributed by atoms with Crippen LogP contribution in [0.3, 0.4) is 0 Å². The number of carbonyl (C=O) groups excluding carboxylic acids is 1. The highest BCUT2D eigenvalue weighted by molar-refractivity contribution is 5.76. The molecule has 0 saturated carbocycles. The molecule has 1 N–H and O–H groups in total. The van der Waals surface area contributed by atoms with E-state index in [1.807, 2.05) is 25.1 Å². The summed E-state index contributed by atoms with van der Waals surface area (Å²) in [6, 6.07) is 7.89. The molecule has 2 aromatic heterocycles. The molecule has 0 bridgehead atoms. The summed E-state index contributed by atoms with van der Waals surface area (Å²) in [4.78, 5) is 19.0. The third-order valence-electron chi connectivity index (χ3n) is 4.33. The average molecular weight is 344 g/mol. The molecule has 0 aliphatic carbocycles. The number of ether oxygens (including phenoxy) is 1. The van der Waals surface area contributed by atoms with Crippen molar-refractivity contribution in [2.24, 2.45) is 0 Å². The molecule has 1 saturated heterocycles. The summed E-state index contributed by atoms with van der Waals surface area (Å²) in [5.74, 6) is 2.09. The maximum atomic E-state index is 12.2. The monoisotopic (exact) mass is 344 g/mol. The summed E-state index contributed by atoms with van der Waals surface area (Å²) in [6.07, 6.45) is 2.92. The number of hydrogen-bond acceptors (Lipinski definition) is 6. The zero-order valence-electron chi connectivity index (χ0n) is 14.7. The lowest BCUT2D eigenvalue weighted by atomic mass is 10.1. The smallest absolute Gasteiger partial charge is 0.254 e. The molecule has 0 spiro atoms. The van der Waals surface area contributed by atoms with E-state index in [0.29, 0.717) is 24.5 Å². The van der Waals surface area contributed by atoms with Gasteiger partial charge in [0, 0.05) is 43.7 Å². The van der Waals surface area contributed by atoms with Gasteiger partial charge in [0.2, 0.25) is 5.91 Å². The number of nitrogens with one attached hydrogen (secondary N) is 1. The largest absolute Gasteiger partial charge is 0.479 e. The van der Waals surface area contributed by atoms with Gasteiger partial charge in [0.15, 0.2) is 0 Å². The number of carbonyl (C=O) groups is 1. The Hall–Kier alpha value is -2.57. The predicted molar refractivity (Wildman–Crippen MR) is 93.7 cm³/mol. The van der Waals surface area contributed by atoms with Crippen molar-refractivity contribution < 1.29 is 14.1 Å². The molecule has 1 atom stereocenters. The SMILES string of the molecule is COc1cc(CCC(=O)N[C@H]2CCCN(c3cccc(C)n3)C2)on1. The summed E-state index contributed by atoms with van der Waals surface area (Å²) >= 11 is 0. The van der Waals surface area contributed by atoms with Gasteiger partial charge in [-0.2, -0.15) is 0 Å². The lowest BCUT2D eigenvalue weighted by Crippen LogP contribution is -2.48. The Bertz CT molecular complexity index is 716. The number of amides is 1. The van der Waals surface area contributed by atoms with Crippen molar-refractivity contribution in [2.45, 2.75) is 38.6 Å². The first-order chi connectivity index (χ1) is 12.1. The number of aryl methyl sites for hydroxylation is 2. The van der Waals surface area contributed by atoms with E-state index in [9.17, 15) is 4.79 Å². The highest BCUT2D eigenvalue weighted by Gasteiger charge is 2.22. The quantitative estimate of drug-likeness (QED) is 0.864. The third kappa shape index (κ3) is 4.71. The minimum Gasteiger partial charge on any atom is -0.479 e. The van der Waals surface area contributed by atoms with Crippen LogP contribution in [0, 0.1) is 6.92 Å². The Labute approximate surface area is 147 Å². The van der Waals surface area contributed by atoms with Crippen molar-refractivity contribution >= 4 is 11.7 Å². The van der Waals surface area contributed by atoms with E-state index >= 15 is 0 Å². The molecule has 0 radical (unpaired) electrons. The topological polar surface area (TPSA) is 80.5 Å². The highest BCUT2D eigenvalue weighted by atomic mass is 16.5. The van der Waals surface area contributed by atoms with Crippen LogP contribution in [-0.4, -0.2) is 42.3 Å². The number of nitrogens with zero attached hydrogens (tertiary/aromatic N) is 3. The minimum absolute atomic E-state index is 0.0272. The fourth-order valence-electron chi connectivity index (χ4n) is 3.05. The first kappa shape index (κ1) is 17.3. The fourth-order valence-corrected chi connectivity index (χ4v) is 3.05. The van der Waals surface area contributed by atoms with Crippen LogP contribution in [0.1, 0.15) is 30.7 Å². The first-order valence-electron chi connectivity index (χ1n) is 8.61. The lowest BCUT2D eigenvalue weighted by molar-refractivity contribution is -0.121. The Morgan fingerprint density at radius 1 is 1.48 bits per heavy atom. The standard InChI is InChI=1S/C18H24N4O3/c1-13-5-3-7-16(19-13)22-10-4-6-14(12-22)20-17(23)9-8-15-11-18(24-2)21-25-15/h3,5,7,11,14H,4,6,8-10,12H2,1-2H3,(H,20,23)/t14-/m0/s1. The van der Waals surface area contributed by atoms with Gasteiger partial charge in [0.1, 0.15) is 11.6 Å². The van der Waals surface area contributed by atoms with Crippen molar-refractivity contribution in [3.8, 4) is 5.88 Å². The predicted octanol–water partition coefficient (Wildman–Crippen LogP) is 2.10. The van der Waals surface area contributed by atoms with Gasteiger partial charge in [-0.15, -0.1) is 0 Å². The number of hydrogen-bond donors (Lipinski definition) is 1. The molecule has 1 amide bonds. The number of pyridine rings is 1. The van der Waals surface area contributed by atoms with Gasteiger partial charge in [0.05, 0.1) is 7.11 Å². The second kappa shape index (κ2) is 8.00. The van der Waals surface area contributed by atoms with Crippen LogP contribution >= 0.6 is 0 Å². The van der Waals surface area contributed by atoms with Gasteiger partial charge in [-0.3, -0.25) is 4.79 Å². The van der Waals surface area contributed by atoms with Gasteiger partial charge in [-0.1, -0.05) is 6.07 Å².